The Morgan fingerprint density at radius 2 is 1.86 bits per heavy atom. The van der Waals surface area contributed by atoms with Gasteiger partial charge in [-0.15, -0.1) is 0 Å². The minimum absolute atomic E-state index is 0.255. The minimum atomic E-state index is -3.56. The van der Waals surface area contributed by atoms with E-state index in [0.29, 0.717) is 50.7 Å². The molecule has 0 unspecified atom stereocenters. The second-order valence-electron chi connectivity index (χ2n) is 6.84. The van der Waals surface area contributed by atoms with Crippen LogP contribution in [0, 0.1) is 0 Å². The first kappa shape index (κ1) is 19.7. The normalized spacial score (nSPS) is 17.1. The minimum Gasteiger partial charge on any atom is -0.495 e. The Bertz CT molecular complexity index is 1020. The number of methoxy groups -OCH3 is 1. The molecule has 2 aliphatic rings. The smallest absolute Gasteiger partial charge is 0.326 e. The number of fused-ring (bicyclic) bond motifs is 1. The number of hydrogen-bond acceptors (Lipinski definition) is 5. The zero-order chi connectivity index (χ0) is 20.4. The number of para-hydroxylation sites is 2. The highest BCUT2D eigenvalue weighted by atomic mass is 32.2. The van der Waals surface area contributed by atoms with Crippen LogP contribution in [0.1, 0.15) is 5.56 Å². The lowest BCUT2D eigenvalue weighted by Gasteiger charge is -2.26. The summed E-state index contributed by atoms with van der Waals surface area (Å²) in [6.07, 6.45) is 0.598. The van der Waals surface area contributed by atoms with Gasteiger partial charge in [0.05, 0.1) is 30.9 Å². The summed E-state index contributed by atoms with van der Waals surface area (Å²) in [5.74, 6) is 0.576. The van der Waals surface area contributed by atoms with Gasteiger partial charge in [-0.05, 0) is 42.3 Å². The average Bonchev–Trinajstić information content (AvgIpc) is 3.18. The van der Waals surface area contributed by atoms with E-state index >= 15 is 0 Å². The van der Waals surface area contributed by atoms with Crippen molar-refractivity contribution in [3.05, 3.63) is 48.0 Å². The molecule has 2 aliphatic heterocycles. The molecule has 8 nitrogen and oxygen atoms in total. The third-order valence-corrected chi connectivity index (χ3v) is 7.04. The Labute approximate surface area is 170 Å². The number of anilines is 2. The monoisotopic (exact) mass is 417 g/mol. The second kappa shape index (κ2) is 8.02. The third kappa shape index (κ3) is 3.81. The van der Waals surface area contributed by atoms with Gasteiger partial charge in [-0.1, -0.05) is 12.1 Å². The van der Waals surface area contributed by atoms with Gasteiger partial charge in [0, 0.05) is 25.3 Å². The highest BCUT2D eigenvalue weighted by Crippen LogP contribution is 2.32. The van der Waals surface area contributed by atoms with Gasteiger partial charge in [0.25, 0.3) is 0 Å². The molecule has 1 saturated heterocycles. The first-order chi connectivity index (χ1) is 14.0. The van der Waals surface area contributed by atoms with Crippen LogP contribution in [0.15, 0.2) is 47.4 Å². The van der Waals surface area contributed by atoms with E-state index in [1.807, 2.05) is 12.1 Å². The molecule has 1 N–H and O–H groups in total. The number of benzene rings is 2. The molecule has 154 valence electrons. The standard InChI is InChI=1S/C20H23N3O5S/c1-27-19-5-3-2-4-17(19)21-20(24)23-9-8-15-14-16(6-7-18(15)23)29(25,26)22-10-12-28-13-11-22/h2-7,14H,8-13H2,1H3,(H,21,24). The van der Waals surface area contributed by atoms with Crippen molar-refractivity contribution in [3.63, 3.8) is 0 Å². The molecular weight excluding hydrogens is 394 g/mol. The van der Waals surface area contributed by atoms with Gasteiger partial charge in [0.2, 0.25) is 10.0 Å². The molecule has 0 radical (unpaired) electrons. The summed E-state index contributed by atoms with van der Waals surface area (Å²) in [5.41, 5.74) is 2.15. The van der Waals surface area contributed by atoms with Crippen LogP contribution >= 0.6 is 0 Å². The molecule has 4 rings (SSSR count). The first-order valence-electron chi connectivity index (χ1n) is 9.43. The highest BCUT2D eigenvalue weighted by Gasteiger charge is 2.30. The lowest BCUT2D eigenvalue weighted by Crippen LogP contribution is -2.40. The predicted molar refractivity (Wildman–Crippen MR) is 109 cm³/mol. The first-order valence-corrected chi connectivity index (χ1v) is 10.9. The summed E-state index contributed by atoms with van der Waals surface area (Å²) in [6.45, 7) is 2.00. The summed E-state index contributed by atoms with van der Waals surface area (Å²) < 4.78 is 37.7. The zero-order valence-corrected chi connectivity index (χ0v) is 16.9. The third-order valence-electron chi connectivity index (χ3n) is 5.15. The molecule has 29 heavy (non-hydrogen) atoms. The van der Waals surface area contributed by atoms with Crippen LogP contribution in [0.3, 0.4) is 0 Å². The maximum Gasteiger partial charge on any atom is 0.326 e. The van der Waals surface area contributed by atoms with Crippen LogP contribution < -0.4 is 15.0 Å². The number of carbonyl (C=O) groups is 1. The summed E-state index contributed by atoms with van der Waals surface area (Å²) >= 11 is 0. The molecule has 9 heteroatoms. The molecule has 0 bridgehead atoms. The van der Waals surface area contributed by atoms with Crippen LogP contribution in [-0.4, -0.2) is 58.7 Å². The fraction of sp³-hybridized carbons (Fsp3) is 0.350. The quantitative estimate of drug-likeness (QED) is 0.825. The lowest BCUT2D eigenvalue weighted by atomic mass is 10.2. The van der Waals surface area contributed by atoms with E-state index in [0.717, 1.165) is 11.3 Å². The van der Waals surface area contributed by atoms with Gasteiger partial charge in [-0.2, -0.15) is 4.31 Å². The van der Waals surface area contributed by atoms with Crippen molar-refractivity contribution in [2.75, 3.05) is 50.2 Å². The number of nitrogens with one attached hydrogen (secondary N) is 1. The maximum absolute atomic E-state index is 12.9. The molecule has 0 saturated carbocycles. The van der Waals surface area contributed by atoms with E-state index < -0.39 is 10.0 Å². The summed E-state index contributed by atoms with van der Waals surface area (Å²) in [5, 5.41) is 2.86. The Kier molecular flexibility index (Phi) is 5.44. The number of hydrogen-bond donors (Lipinski definition) is 1. The number of urea groups is 1. The van der Waals surface area contributed by atoms with E-state index in [1.54, 1.807) is 42.3 Å². The van der Waals surface area contributed by atoms with Crippen molar-refractivity contribution in [2.45, 2.75) is 11.3 Å². The molecule has 2 heterocycles. The van der Waals surface area contributed by atoms with Crippen molar-refractivity contribution >= 4 is 27.4 Å². The Morgan fingerprint density at radius 1 is 1.10 bits per heavy atom. The average molecular weight is 417 g/mol. The van der Waals surface area contributed by atoms with Gasteiger partial charge in [-0.25, -0.2) is 13.2 Å². The number of nitrogens with zero attached hydrogens (tertiary/aromatic N) is 2. The Morgan fingerprint density at radius 3 is 2.62 bits per heavy atom. The fourth-order valence-electron chi connectivity index (χ4n) is 3.62. The molecule has 0 aromatic heterocycles. The number of ether oxygens (including phenoxy) is 2. The van der Waals surface area contributed by atoms with Crippen molar-refractivity contribution in [1.29, 1.82) is 0 Å². The molecule has 0 spiro atoms. The van der Waals surface area contributed by atoms with Crippen LogP contribution in [0.5, 0.6) is 5.75 Å². The van der Waals surface area contributed by atoms with E-state index in [2.05, 4.69) is 5.32 Å². The fourth-order valence-corrected chi connectivity index (χ4v) is 5.08. The Balaban J connectivity index is 1.54. The summed E-state index contributed by atoms with van der Waals surface area (Å²) in [4.78, 5) is 14.7. The van der Waals surface area contributed by atoms with Crippen molar-refractivity contribution < 1.29 is 22.7 Å². The van der Waals surface area contributed by atoms with Crippen LogP contribution in [0.25, 0.3) is 0 Å². The largest absolute Gasteiger partial charge is 0.495 e. The zero-order valence-electron chi connectivity index (χ0n) is 16.1. The maximum atomic E-state index is 12.9. The second-order valence-corrected chi connectivity index (χ2v) is 8.78. The molecule has 2 aromatic rings. The van der Waals surface area contributed by atoms with E-state index in [9.17, 15) is 13.2 Å². The van der Waals surface area contributed by atoms with Crippen LogP contribution in [-0.2, 0) is 21.2 Å². The molecule has 0 atom stereocenters. The molecular formula is C20H23N3O5S. The lowest BCUT2D eigenvalue weighted by molar-refractivity contribution is 0.0730. The SMILES string of the molecule is COc1ccccc1NC(=O)N1CCc2cc(S(=O)(=O)N3CCOCC3)ccc21. The van der Waals surface area contributed by atoms with Gasteiger partial charge in [0.15, 0.2) is 0 Å². The van der Waals surface area contributed by atoms with Crippen molar-refractivity contribution in [3.8, 4) is 5.75 Å². The summed E-state index contributed by atoms with van der Waals surface area (Å²) in [7, 11) is -2.01. The van der Waals surface area contributed by atoms with E-state index in [4.69, 9.17) is 9.47 Å². The van der Waals surface area contributed by atoms with Gasteiger partial charge >= 0.3 is 6.03 Å². The molecule has 2 amide bonds. The predicted octanol–water partition coefficient (Wildman–Crippen LogP) is 2.31. The van der Waals surface area contributed by atoms with Crippen LogP contribution in [0.2, 0.25) is 0 Å². The van der Waals surface area contributed by atoms with Gasteiger partial charge in [-0.3, -0.25) is 4.90 Å². The summed E-state index contributed by atoms with van der Waals surface area (Å²) in [6, 6.07) is 11.9. The number of morpholine rings is 1. The van der Waals surface area contributed by atoms with E-state index in [-0.39, 0.29) is 10.9 Å². The highest BCUT2D eigenvalue weighted by molar-refractivity contribution is 7.89. The molecule has 1 fully saturated rings. The molecule has 2 aromatic carbocycles. The number of amides is 2. The van der Waals surface area contributed by atoms with E-state index in [1.165, 1.54) is 4.31 Å². The topological polar surface area (TPSA) is 88.2 Å². The number of carbonyl (C=O) groups excluding carboxylic acids is 1. The number of sulfonamides is 1. The van der Waals surface area contributed by atoms with Crippen molar-refractivity contribution in [2.24, 2.45) is 0 Å². The Hall–Kier alpha value is -2.62. The molecule has 0 aliphatic carbocycles. The van der Waals surface area contributed by atoms with Gasteiger partial charge < -0.3 is 14.8 Å². The van der Waals surface area contributed by atoms with Crippen molar-refractivity contribution in [1.82, 2.24) is 4.31 Å². The van der Waals surface area contributed by atoms with Crippen LogP contribution in [0.4, 0.5) is 16.2 Å². The van der Waals surface area contributed by atoms with Gasteiger partial charge in [0.1, 0.15) is 5.75 Å². The number of rotatable bonds is 4.